The van der Waals surface area contributed by atoms with Crippen molar-refractivity contribution in [3.63, 3.8) is 0 Å². The molecule has 0 aliphatic heterocycles. The minimum atomic E-state index is -0.745. The fraction of sp³-hybridized carbons (Fsp3) is 1.00. The predicted molar refractivity (Wildman–Crippen MR) is 33.1 cm³/mol. The highest BCUT2D eigenvalue weighted by Gasteiger charge is 2.01. The Balaban J connectivity index is 3.10. The van der Waals surface area contributed by atoms with Crippen molar-refractivity contribution in [3.8, 4) is 0 Å². The van der Waals surface area contributed by atoms with Crippen LogP contribution in [0.1, 0.15) is 19.8 Å². The van der Waals surface area contributed by atoms with Gasteiger partial charge in [-0.1, -0.05) is 6.92 Å². The molecule has 0 aromatic rings. The molecule has 2 atom stereocenters. The van der Waals surface area contributed by atoms with E-state index in [0.29, 0.717) is 6.42 Å². The summed E-state index contributed by atoms with van der Waals surface area (Å²) >= 11 is 0. The van der Waals surface area contributed by atoms with Gasteiger partial charge in [0.15, 0.2) is 0 Å². The Morgan fingerprint density at radius 2 is 2.00 bits per heavy atom. The second-order valence-corrected chi connectivity index (χ2v) is 1.97. The third kappa shape index (κ3) is 4.05. The SMILES string of the molecule is CC[C@H](N)CC(N)O. The van der Waals surface area contributed by atoms with E-state index >= 15 is 0 Å². The zero-order chi connectivity index (χ0) is 6.57. The summed E-state index contributed by atoms with van der Waals surface area (Å²) in [6.07, 6.45) is 0.620. The molecular weight excluding hydrogens is 104 g/mol. The van der Waals surface area contributed by atoms with Crippen molar-refractivity contribution < 1.29 is 5.11 Å². The Hall–Kier alpha value is -0.120. The van der Waals surface area contributed by atoms with Crippen LogP contribution in [0.4, 0.5) is 0 Å². The topological polar surface area (TPSA) is 72.3 Å². The van der Waals surface area contributed by atoms with Gasteiger partial charge in [0.05, 0.1) is 0 Å². The maximum Gasteiger partial charge on any atom is 0.103 e. The molecule has 0 bridgehead atoms. The fourth-order valence-electron chi connectivity index (χ4n) is 0.477. The molecule has 0 aliphatic rings. The maximum atomic E-state index is 8.55. The van der Waals surface area contributed by atoms with E-state index in [1.54, 1.807) is 0 Å². The first-order valence-electron chi connectivity index (χ1n) is 2.86. The lowest BCUT2D eigenvalue weighted by Gasteiger charge is -2.09. The lowest BCUT2D eigenvalue weighted by atomic mass is 10.1. The van der Waals surface area contributed by atoms with Crippen LogP contribution in [0.2, 0.25) is 0 Å². The Morgan fingerprint density at radius 3 is 2.12 bits per heavy atom. The minimum absolute atomic E-state index is 0.0509. The molecule has 0 rings (SSSR count). The van der Waals surface area contributed by atoms with Gasteiger partial charge in [-0.3, -0.25) is 0 Å². The molecule has 1 unspecified atom stereocenters. The largest absolute Gasteiger partial charge is 0.379 e. The summed E-state index contributed by atoms with van der Waals surface area (Å²) in [7, 11) is 0. The van der Waals surface area contributed by atoms with Crippen molar-refractivity contribution in [2.75, 3.05) is 0 Å². The predicted octanol–water partition coefficient (Wildman–Crippen LogP) is -0.609. The quantitative estimate of drug-likeness (QED) is 0.433. The first-order chi connectivity index (χ1) is 3.66. The Labute approximate surface area is 49.7 Å². The molecule has 0 saturated carbocycles. The highest BCUT2D eigenvalue weighted by Crippen LogP contribution is 1.93. The molecule has 8 heavy (non-hydrogen) atoms. The molecular formula is C5H14N2O. The van der Waals surface area contributed by atoms with Crippen molar-refractivity contribution in [3.05, 3.63) is 0 Å². The normalized spacial score (nSPS) is 18.0. The molecule has 0 aromatic carbocycles. The van der Waals surface area contributed by atoms with E-state index < -0.39 is 6.23 Å². The molecule has 5 N–H and O–H groups in total. The number of aliphatic hydroxyl groups excluding tert-OH is 1. The third-order valence-electron chi connectivity index (χ3n) is 1.07. The summed E-state index contributed by atoms with van der Waals surface area (Å²) in [6, 6.07) is 0.0509. The van der Waals surface area contributed by atoms with Crippen molar-refractivity contribution in [1.82, 2.24) is 0 Å². The second-order valence-electron chi connectivity index (χ2n) is 1.97. The molecule has 0 saturated heterocycles. The van der Waals surface area contributed by atoms with Gasteiger partial charge < -0.3 is 16.6 Å². The van der Waals surface area contributed by atoms with E-state index in [9.17, 15) is 0 Å². The Bertz CT molecular complexity index is 56.4. The molecule has 0 heterocycles. The molecule has 0 amide bonds. The van der Waals surface area contributed by atoms with Crippen molar-refractivity contribution in [2.45, 2.75) is 32.0 Å². The van der Waals surface area contributed by atoms with Gasteiger partial charge in [-0.05, 0) is 6.42 Å². The van der Waals surface area contributed by atoms with Gasteiger partial charge in [-0.15, -0.1) is 0 Å². The van der Waals surface area contributed by atoms with Crippen LogP contribution < -0.4 is 11.5 Å². The van der Waals surface area contributed by atoms with Crippen LogP contribution in [0.25, 0.3) is 0 Å². The molecule has 3 heteroatoms. The second kappa shape index (κ2) is 3.83. The highest BCUT2D eigenvalue weighted by atomic mass is 16.3. The van der Waals surface area contributed by atoms with Gasteiger partial charge in [0.2, 0.25) is 0 Å². The molecule has 0 fully saturated rings. The monoisotopic (exact) mass is 118 g/mol. The fourth-order valence-corrected chi connectivity index (χ4v) is 0.477. The number of rotatable bonds is 3. The highest BCUT2D eigenvalue weighted by molar-refractivity contribution is 4.60. The van der Waals surface area contributed by atoms with Gasteiger partial charge in [0, 0.05) is 12.5 Å². The summed E-state index contributed by atoms with van der Waals surface area (Å²) < 4.78 is 0. The molecule has 50 valence electrons. The van der Waals surface area contributed by atoms with E-state index in [4.69, 9.17) is 16.6 Å². The zero-order valence-corrected chi connectivity index (χ0v) is 5.17. The van der Waals surface area contributed by atoms with E-state index in [1.165, 1.54) is 0 Å². The third-order valence-corrected chi connectivity index (χ3v) is 1.07. The average molecular weight is 118 g/mol. The summed E-state index contributed by atoms with van der Waals surface area (Å²) in [6.45, 7) is 1.97. The van der Waals surface area contributed by atoms with Crippen LogP contribution in [-0.4, -0.2) is 17.4 Å². The first-order valence-corrected chi connectivity index (χ1v) is 2.86. The molecule has 0 radical (unpaired) electrons. The van der Waals surface area contributed by atoms with Crippen molar-refractivity contribution in [1.29, 1.82) is 0 Å². The molecule has 0 aliphatic carbocycles. The Morgan fingerprint density at radius 1 is 1.50 bits per heavy atom. The van der Waals surface area contributed by atoms with E-state index in [2.05, 4.69) is 0 Å². The van der Waals surface area contributed by atoms with Gasteiger partial charge in [-0.25, -0.2) is 0 Å². The van der Waals surface area contributed by atoms with E-state index in [-0.39, 0.29) is 6.04 Å². The Kier molecular flexibility index (Phi) is 3.77. The molecule has 0 aromatic heterocycles. The van der Waals surface area contributed by atoms with Gasteiger partial charge in [0.1, 0.15) is 6.23 Å². The summed E-state index contributed by atoms with van der Waals surface area (Å²) in [5.74, 6) is 0. The van der Waals surface area contributed by atoms with Crippen LogP contribution in [0.5, 0.6) is 0 Å². The van der Waals surface area contributed by atoms with Gasteiger partial charge in [0.25, 0.3) is 0 Å². The lowest BCUT2D eigenvalue weighted by molar-refractivity contribution is 0.162. The molecule has 0 spiro atoms. The maximum absolute atomic E-state index is 8.55. The standard InChI is InChI=1S/C5H14N2O/c1-2-4(6)3-5(7)8/h4-5,8H,2-3,6-7H2,1H3/t4-,5?/m0/s1. The number of nitrogens with two attached hydrogens (primary N) is 2. The van der Waals surface area contributed by atoms with Crippen LogP contribution in [-0.2, 0) is 0 Å². The number of aliphatic hydroxyl groups is 1. The molecule has 3 nitrogen and oxygen atoms in total. The lowest BCUT2D eigenvalue weighted by Crippen LogP contribution is -2.30. The number of hydrogen-bond acceptors (Lipinski definition) is 3. The van der Waals surface area contributed by atoms with Crippen LogP contribution in [0, 0.1) is 0 Å². The van der Waals surface area contributed by atoms with Gasteiger partial charge in [-0.2, -0.15) is 0 Å². The zero-order valence-electron chi connectivity index (χ0n) is 5.17. The smallest absolute Gasteiger partial charge is 0.103 e. The van der Waals surface area contributed by atoms with E-state index in [0.717, 1.165) is 6.42 Å². The summed E-state index contributed by atoms with van der Waals surface area (Å²) in [5.41, 5.74) is 10.5. The number of hydrogen-bond donors (Lipinski definition) is 3. The summed E-state index contributed by atoms with van der Waals surface area (Å²) in [5, 5.41) is 8.55. The minimum Gasteiger partial charge on any atom is -0.379 e. The van der Waals surface area contributed by atoms with Gasteiger partial charge >= 0.3 is 0 Å². The van der Waals surface area contributed by atoms with Crippen LogP contribution >= 0.6 is 0 Å². The van der Waals surface area contributed by atoms with E-state index in [1.807, 2.05) is 6.92 Å². The van der Waals surface area contributed by atoms with Crippen LogP contribution in [0.3, 0.4) is 0 Å². The van der Waals surface area contributed by atoms with Crippen molar-refractivity contribution >= 4 is 0 Å². The summed E-state index contributed by atoms with van der Waals surface area (Å²) in [4.78, 5) is 0. The van der Waals surface area contributed by atoms with Crippen LogP contribution in [0.15, 0.2) is 0 Å². The first kappa shape index (κ1) is 7.88. The van der Waals surface area contributed by atoms with Crippen molar-refractivity contribution in [2.24, 2.45) is 11.5 Å². The average Bonchev–Trinajstić information content (AvgIpc) is 1.65.